The van der Waals surface area contributed by atoms with Crippen molar-refractivity contribution in [2.45, 2.75) is 26.2 Å². The maximum atomic E-state index is 5.34. The fourth-order valence-electron chi connectivity index (χ4n) is 2.18. The lowest BCUT2D eigenvalue weighted by molar-refractivity contribution is 0.419. The van der Waals surface area contributed by atoms with Gasteiger partial charge in [-0.05, 0) is 36.1 Å². The van der Waals surface area contributed by atoms with Crippen LogP contribution in [0.2, 0.25) is 0 Å². The lowest BCUT2D eigenvalue weighted by atomic mass is 10.1. The van der Waals surface area contributed by atoms with Gasteiger partial charge in [-0.25, -0.2) is 0 Å². The zero-order valence-corrected chi connectivity index (χ0v) is 10.9. The average Bonchev–Trinajstić information content (AvgIpc) is 2.80. The summed E-state index contributed by atoms with van der Waals surface area (Å²) in [5, 5.41) is 7.17. The van der Waals surface area contributed by atoms with E-state index in [1.807, 2.05) is 31.3 Å². The highest BCUT2D eigenvalue weighted by Crippen LogP contribution is 2.57. The molecular formula is C14H17N3O. The second-order valence-corrected chi connectivity index (χ2v) is 5.53. The minimum atomic E-state index is 0.330. The Morgan fingerprint density at radius 2 is 1.94 bits per heavy atom. The first-order valence-corrected chi connectivity index (χ1v) is 6.22. The summed E-state index contributed by atoms with van der Waals surface area (Å²) in [6, 6.07) is 7.98. The Balaban J connectivity index is 1.84. The molecule has 1 unspecified atom stereocenters. The van der Waals surface area contributed by atoms with E-state index in [4.69, 9.17) is 4.52 Å². The summed E-state index contributed by atoms with van der Waals surface area (Å²) in [4.78, 5) is 4.50. The van der Waals surface area contributed by atoms with Gasteiger partial charge in [-0.1, -0.05) is 19.0 Å². The molecule has 0 spiro atoms. The molecule has 1 aliphatic carbocycles. The van der Waals surface area contributed by atoms with Crippen LogP contribution in [0.25, 0.3) is 11.5 Å². The summed E-state index contributed by atoms with van der Waals surface area (Å²) in [5.74, 6) is 1.90. The summed E-state index contributed by atoms with van der Waals surface area (Å²) < 4.78 is 5.34. The highest BCUT2D eigenvalue weighted by atomic mass is 16.5. The molecule has 1 atom stereocenters. The number of hydrogen-bond acceptors (Lipinski definition) is 4. The number of nitrogens with one attached hydrogen (secondary N) is 1. The van der Waals surface area contributed by atoms with Crippen LogP contribution >= 0.6 is 0 Å². The second-order valence-electron chi connectivity index (χ2n) is 5.53. The Kier molecular flexibility index (Phi) is 2.40. The lowest BCUT2D eigenvalue weighted by Crippen LogP contribution is -1.92. The smallest absolute Gasteiger partial charge is 0.257 e. The van der Waals surface area contributed by atoms with Crippen LogP contribution in [0.4, 0.5) is 5.69 Å². The molecule has 0 radical (unpaired) electrons. The van der Waals surface area contributed by atoms with E-state index < -0.39 is 0 Å². The molecule has 1 heterocycles. The highest BCUT2D eigenvalue weighted by molar-refractivity contribution is 5.58. The van der Waals surface area contributed by atoms with Gasteiger partial charge in [0.1, 0.15) is 0 Å². The average molecular weight is 243 g/mol. The monoisotopic (exact) mass is 243 g/mol. The van der Waals surface area contributed by atoms with Gasteiger partial charge in [0, 0.05) is 24.2 Å². The molecule has 4 nitrogen and oxygen atoms in total. The lowest BCUT2D eigenvalue weighted by Gasteiger charge is -1.99. The topological polar surface area (TPSA) is 51.0 Å². The van der Waals surface area contributed by atoms with Gasteiger partial charge in [0.15, 0.2) is 5.82 Å². The molecule has 1 aromatic carbocycles. The van der Waals surface area contributed by atoms with Crippen molar-refractivity contribution in [1.29, 1.82) is 0 Å². The van der Waals surface area contributed by atoms with Crippen LogP contribution in [0.5, 0.6) is 0 Å². The summed E-state index contributed by atoms with van der Waals surface area (Å²) in [6.07, 6.45) is 1.14. The van der Waals surface area contributed by atoms with Crippen molar-refractivity contribution in [2.75, 3.05) is 12.4 Å². The van der Waals surface area contributed by atoms with Gasteiger partial charge in [0.25, 0.3) is 5.89 Å². The third-order valence-electron chi connectivity index (χ3n) is 3.69. The molecule has 18 heavy (non-hydrogen) atoms. The van der Waals surface area contributed by atoms with Gasteiger partial charge in [0.05, 0.1) is 0 Å². The fourth-order valence-corrected chi connectivity index (χ4v) is 2.18. The highest BCUT2D eigenvalue weighted by Gasteiger charge is 2.49. The van der Waals surface area contributed by atoms with Crippen LogP contribution < -0.4 is 5.32 Å². The van der Waals surface area contributed by atoms with Crippen molar-refractivity contribution in [3.63, 3.8) is 0 Å². The molecule has 94 valence electrons. The van der Waals surface area contributed by atoms with Gasteiger partial charge >= 0.3 is 0 Å². The van der Waals surface area contributed by atoms with Crippen molar-refractivity contribution in [2.24, 2.45) is 5.41 Å². The van der Waals surface area contributed by atoms with Crippen LogP contribution in [0.15, 0.2) is 28.8 Å². The molecule has 0 aliphatic heterocycles. The second kappa shape index (κ2) is 3.83. The molecule has 0 saturated heterocycles. The molecule has 1 fully saturated rings. The minimum absolute atomic E-state index is 0.330. The van der Waals surface area contributed by atoms with Crippen molar-refractivity contribution in [1.82, 2.24) is 10.1 Å². The largest absolute Gasteiger partial charge is 0.388 e. The van der Waals surface area contributed by atoms with Crippen LogP contribution in [0.3, 0.4) is 0 Å². The number of hydrogen-bond donors (Lipinski definition) is 1. The zero-order valence-electron chi connectivity index (χ0n) is 10.9. The Morgan fingerprint density at radius 3 is 2.50 bits per heavy atom. The number of benzene rings is 1. The predicted molar refractivity (Wildman–Crippen MR) is 70.4 cm³/mol. The van der Waals surface area contributed by atoms with Crippen molar-refractivity contribution in [3.8, 4) is 11.5 Å². The molecule has 1 aliphatic rings. The van der Waals surface area contributed by atoms with Crippen LogP contribution in [-0.4, -0.2) is 17.2 Å². The van der Waals surface area contributed by atoms with E-state index in [9.17, 15) is 0 Å². The number of anilines is 1. The first kappa shape index (κ1) is 11.3. The van der Waals surface area contributed by atoms with Gasteiger partial charge in [-0.3, -0.25) is 0 Å². The van der Waals surface area contributed by atoms with Crippen molar-refractivity contribution >= 4 is 5.69 Å². The Morgan fingerprint density at radius 1 is 1.28 bits per heavy atom. The summed E-state index contributed by atoms with van der Waals surface area (Å²) in [7, 11) is 1.90. The molecule has 4 heteroatoms. The molecule has 0 amide bonds. The van der Waals surface area contributed by atoms with Crippen molar-refractivity contribution in [3.05, 3.63) is 30.1 Å². The molecule has 3 rings (SSSR count). The SMILES string of the molecule is CNc1ccc(-c2nc(C3CC3(C)C)no2)cc1. The van der Waals surface area contributed by atoms with Crippen molar-refractivity contribution < 1.29 is 4.52 Å². The van der Waals surface area contributed by atoms with E-state index in [1.54, 1.807) is 0 Å². The first-order valence-electron chi connectivity index (χ1n) is 6.22. The molecule has 1 aromatic heterocycles. The third-order valence-corrected chi connectivity index (χ3v) is 3.69. The van der Waals surface area contributed by atoms with Crippen LogP contribution in [-0.2, 0) is 0 Å². The maximum absolute atomic E-state index is 5.34. The van der Waals surface area contributed by atoms with Gasteiger partial charge in [-0.15, -0.1) is 0 Å². The molecular weight excluding hydrogens is 226 g/mol. The zero-order chi connectivity index (χ0) is 12.8. The van der Waals surface area contributed by atoms with E-state index in [1.165, 1.54) is 0 Å². The van der Waals surface area contributed by atoms with E-state index in [2.05, 4.69) is 29.3 Å². The molecule has 1 saturated carbocycles. The Hall–Kier alpha value is -1.84. The van der Waals surface area contributed by atoms with Gasteiger partial charge in [-0.2, -0.15) is 4.98 Å². The molecule has 2 aromatic rings. The number of rotatable bonds is 3. The number of aromatic nitrogens is 2. The third kappa shape index (κ3) is 1.88. The number of nitrogens with zero attached hydrogens (tertiary/aromatic N) is 2. The Labute approximate surface area is 106 Å². The Bertz CT molecular complexity index is 557. The molecule has 0 bridgehead atoms. The standard InChI is InChI=1S/C14H17N3O/c1-14(2)8-11(14)12-16-13(18-17-12)9-4-6-10(15-3)7-5-9/h4-7,11,15H,8H2,1-3H3. The minimum Gasteiger partial charge on any atom is -0.388 e. The van der Waals surface area contributed by atoms with E-state index in [-0.39, 0.29) is 0 Å². The van der Waals surface area contributed by atoms with E-state index >= 15 is 0 Å². The van der Waals surface area contributed by atoms with E-state index in [0.29, 0.717) is 17.2 Å². The fraction of sp³-hybridized carbons (Fsp3) is 0.429. The summed E-state index contributed by atoms with van der Waals surface area (Å²) in [5.41, 5.74) is 2.37. The molecule has 1 N–H and O–H groups in total. The quantitative estimate of drug-likeness (QED) is 0.898. The van der Waals surface area contributed by atoms with Gasteiger partial charge in [0.2, 0.25) is 0 Å². The van der Waals surface area contributed by atoms with Gasteiger partial charge < -0.3 is 9.84 Å². The maximum Gasteiger partial charge on any atom is 0.257 e. The van der Waals surface area contributed by atoms with Crippen LogP contribution in [0.1, 0.15) is 32.0 Å². The normalized spacial score (nSPS) is 20.7. The first-order chi connectivity index (χ1) is 8.60. The summed E-state index contributed by atoms with van der Waals surface area (Å²) in [6.45, 7) is 4.46. The predicted octanol–water partition coefficient (Wildman–Crippen LogP) is 3.29. The summed E-state index contributed by atoms with van der Waals surface area (Å²) >= 11 is 0. The van der Waals surface area contributed by atoms with E-state index in [0.717, 1.165) is 23.5 Å². The van der Waals surface area contributed by atoms with Crippen LogP contribution in [0, 0.1) is 5.41 Å².